The number of aromatic nitrogens is 5. The molecule has 9 nitrogen and oxygen atoms in total. The zero-order valence-electron chi connectivity index (χ0n) is 17.0. The molecule has 1 aliphatic heterocycles. The molecule has 0 unspecified atom stereocenters. The number of amides is 1. The predicted molar refractivity (Wildman–Crippen MR) is 109 cm³/mol. The van der Waals surface area contributed by atoms with Crippen LogP contribution in [0.2, 0.25) is 0 Å². The Bertz CT molecular complexity index is 1100. The molecule has 2 aromatic heterocycles. The number of nitrogens with one attached hydrogen (secondary N) is 1. The lowest BCUT2D eigenvalue weighted by atomic mass is 10.1. The van der Waals surface area contributed by atoms with Crippen LogP contribution in [0.4, 0.5) is 0 Å². The van der Waals surface area contributed by atoms with Gasteiger partial charge in [-0.3, -0.25) is 9.59 Å². The first-order valence-corrected chi connectivity index (χ1v) is 9.98. The third-order valence-corrected chi connectivity index (χ3v) is 5.28. The molecule has 0 aliphatic carbocycles. The van der Waals surface area contributed by atoms with Gasteiger partial charge in [-0.05, 0) is 60.9 Å². The van der Waals surface area contributed by atoms with E-state index in [0.29, 0.717) is 24.5 Å². The van der Waals surface area contributed by atoms with Crippen molar-refractivity contribution >= 4 is 5.91 Å². The Kier molecular flexibility index (Phi) is 5.71. The molecule has 0 radical (unpaired) electrons. The fourth-order valence-electron chi connectivity index (χ4n) is 3.76. The quantitative estimate of drug-likeness (QED) is 0.664. The normalized spacial score (nSPS) is 16.0. The van der Waals surface area contributed by atoms with Gasteiger partial charge >= 0.3 is 0 Å². The average molecular weight is 408 g/mol. The first kappa shape index (κ1) is 20.0. The van der Waals surface area contributed by atoms with Gasteiger partial charge in [0.15, 0.2) is 5.82 Å². The number of para-hydroxylation sites is 1. The van der Waals surface area contributed by atoms with Crippen LogP contribution in [0.25, 0.3) is 5.69 Å². The average Bonchev–Trinajstić information content (AvgIpc) is 3.42. The zero-order valence-corrected chi connectivity index (χ0v) is 17.0. The van der Waals surface area contributed by atoms with Crippen molar-refractivity contribution < 1.29 is 9.53 Å². The molecule has 1 N–H and O–H groups in total. The van der Waals surface area contributed by atoms with Gasteiger partial charge in [0, 0.05) is 12.3 Å². The highest BCUT2D eigenvalue weighted by Gasteiger charge is 2.22. The lowest BCUT2D eigenvalue weighted by Gasteiger charge is -2.17. The summed E-state index contributed by atoms with van der Waals surface area (Å²) in [6.45, 7) is 4.91. The van der Waals surface area contributed by atoms with E-state index in [0.717, 1.165) is 24.2 Å². The molecule has 1 saturated heterocycles. The molecule has 3 aromatic rings. The van der Waals surface area contributed by atoms with E-state index in [1.165, 1.54) is 0 Å². The second kappa shape index (κ2) is 8.58. The molecule has 1 amide bonds. The molecule has 30 heavy (non-hydrogen) atoms. The molecule has 0 bridgehead atoms. The highest BCUT2D eigenvalue weighted by atomic mass is 16.5. The van der Waals surface area contributed by atoms with Crippen LogP contribution in [0.3, 0.4) is 0 Å². The zero-order chi connectivity index (χ0) is 21.1. The fourth-order valence-corrected chi connectivity index (χ4v) is 3.76. The van der Waals surface area contributed by atoms with E-state index in [4.69, 9.17) is 4.74 Å². The van der Waals surface area contributed by atoms with Gasteiger partial charge in [-0.25, -0.2) is 0 Å². The summed E-state index contributed by atoms with van der Waals surface area (Å²) < 4.78 is 8.85. The van der Waals surface area contributed by atoms with Crippen LogP contribution in [-0.4, -0.2) is 43.4 Å². The Morgan fingerprint density at radius 3 is 2.80 bits per heavy atom. The molecule has 1 atom stereocenters. The van der Waals surface area contributed by atoms with Crippen molar-refractivity contribution in [1.29, 1.82) is 0 Å². The molecule has 4 rings (SSSR count). The molecule has 9 heteroatoms. The number of carbonyl (C=O) groups excluding carboxylic acids is 1. The van der Waals surface area contributed by atoms with Crippen LogP contribution in [0.5, 0.6) is 0 Å². The van der Waals surface area contributed by atoms with Gasteiger partial charge in [0.05, 0.1) is 24.9 Å². The fraction of sp³-hybridized carbons (Fsp3) is 0.381. The second-order valence-corrected chi connectivity index (χ2v) is 7.42. The van der Waals surface area contributed by atoms with Gasteiger partial charge in [0.2, 0.25) is 0 Å². The van der Waals surface area contributed by atoms with Crippen molar-refractivity contribution in [2.75, 3.05) is 6.61 Å². The third-order valence-electron chi connectivity index (χ3n) is 5.28. The van der Waals surface area contributed by atoms with Crippen molar-refractivity contribution in [1.82, 2.24) is 30.1 Å². The number of pyridine rings is 1. The Balaban J connectivity index is 1.54. The molecule has 0 spiro atoms. The van der Waals surface area contributed by atoms with E-state index in [-0.39, 0.29) is 23.8 Å². The minimum absolute atomic E-state index is 0.00974. The summed E-state index contributed by atoms with van der Waals surface area (Å²) in [6.07, 6.45) is 1.92. The molecule has 1 fully saturated rings. The van der Waals surface area contributed by atoms with Gasteiger partial charge < -0.3 is 14.6 Å². The van der Waals surface area contributed by atoms with E-state index in [9.17, 15) is 9.59 Å². The summed E-state index contributed by atoms with van der Waals surface area (Å²) in [6, 6.07) is 11.3. The summed E-state index contributed by atoms with van der Waals surface area (Å²) in [7, 11) is 0. The van der Waals surface area contributed by atoms with E-state index in [2.05, 4.69) is 20.8 Å². The Hall–Kier alpha value is -3.33. The molecule has 1 aliphatic rings. The molecule has 156 valence electrons. The number of hydrogen-bond donors (Lipinski definition) is 1. The number of carbonyl (C=O) groups is 1. The van der Waals surface area contributed by atoms with E-state index >= 15 is 0 Å². The van der Waals surface area contributed by atoms with Crippen molar-refractivity contribution in [3.05, 3.63) is 69.4 Å². The third kappa shape index (κ3) is 4.02. The highest BCUT2D eigenvalue weighted by Crippen LogP contribution is 2.15. The number of nitrogens with zero attached hydrogens (tertiary/aromatic N) is 5. The minimum Gasteiger partial charge on any atom is -0.376 e. The van der Waals surface area contributed by atoms with Crippen LogP contribution in [-0.2, 0) is 17.8 Å². The van der Waals surface area contributed by atoms with Crippen LogP contribution in [0, 0.1) is 13.8 Å². The first-order chi connectivity index (χ1) is 14.5. The predicted octanol–water partition coefficient (Wildman–Crippen LogP) is 1.55. The maximum Gasteiger partial charge on any atom is 0.263 e. The van der Waals surface area contributed by atoms with Crippen molar-refractivity contribution in [2.45, 2.75) is 45.9 Å². The van der Waals surface area contributed by atoms with Crippen molar-refractivity contribution in [3.8, 4) is 5.69 Å². The monoisotopic (exact) mass is 408 g/mol. The minimum atomic E-state index is -0.443. The molecule has 0 saturated carbocycles. The Morgan fingerprint density at radius 1 is 1.27 bits per heavy atom. The van der Waals surface area contributed by atoms with Crippen molar-refractivity contribution in [3.63, 3.8) is 0 Å². The SMILES string of the molecule is Cc1cc(C)n(C[C@H]2CCCO2)c(=O)c1C(=O)NCc1nnnn1-c1ccccc1. The summed E-state index contributed by atoms with van der Waals surface area (Å²) >= 11 is 0. The van der Waals surface area contributed by atoms with Crippen LogP contribution in [0.15, 0.2) is 41.2 Å². The van der Waals surface area contributed by atoms with Crippen LogP contribution in [0.1, 0.15) is 40.3 Å². The number of rotatable bonds is 6. The van der Waals surface area contributed by atoms with E-state index < -0.39 is 5.91 Å². The van der Waals surface area contributed by atoms with Crippen LogP contribution >= 0.6 is 0 Å². The van der Waals surface area contributed by atoms with E-state index in [1.807, 2.05) is 43.3 Å². The molecular weight excluding hydrogens is 384 g/mol. The van der Waals surface area contributed by atoms with Gasteiger partial charge in [0.1, 0.15) is 5.56 Å². The number of tetrazole rings is 1. The largest absolute Gasteiger partial charge is 0.376 e. The molecule has 3 heterocycles. The maximum absolute atomic E-state index is 13.1. The summed E-state index contributed by atoms with van der Waals surface area (Å²) in [5, 5.41) is 14.5. The van der Waals surface area contributed by atoms with Gasteiger partial charge in [0.25, 0.3) is 11.5 Å². The molecular formula is C21H24N6O3. The number of hydrogen-bond acceptors (Lipinski definition) is 6. The van der Waals surface area contributed by atoms with Crippen molar-refractivity contribution in [2.24, 2.45) is 0 Å². The van der Waals surface area contributed by atoms with Gasteiger partial charge in [-0.1, -0.05) is 18.2 Å². The molecule has 1 aromatic carbocycles. The highest BCUT2D eigenvalue weighted by molar-refractivity contribution is 5.95. The lowest BCUT2D eigenvalue weighted by molar-refractivity contribution is 0.0925. The smallest absolute Gasteiger partial charge is 0.263 e. The Morgan fingerprint density at radius 2 is 2.07 bits per heavy atom. The summed E-state index contributed by atoms with van der Waals surface area (Å²) in [4.78, 5) is 26.0. The van der Waals surface area contributed by atoms with Crippen LogP contribution < -0.4 is 10.9 Å². The first-order valence-electron chi connectivity index (χ1n) is 9.98. The topological polar surface area (TPSA) is 104 Å². The van der Waals surface area contributed by atoms with Gasteiger partial charge in [-0.15, -0.1) is 5.10 Å². The maximum atomic E-state index is 13.1. The summed E-state index contributed by atoms with van der Waals surface area (Å²) in [5.74, 6) is 0.0280. The second-order valence-electron chi connectivity index (χ2n) is 7.42. The number of aryl methyl sites for hydroxylation is 2. The number of benzene rings is 1. The lowest BCUT2D eigenvalue weighted by Crippen LogP contribution is -2.37. The summed E-state index contributed by atoms with van der Waals surface area (Å²) in [5.41, 5.74) is 2.08. The van der Waals surface area contributed by atoms with E-state index in [1.54, 1.807) is 16.2 Å². The number of ether oxygens (including phenoxy) is 1. The van der Waals surface area contributed by atoms with Gasteiger partial charge in [-0.2, -0.15) is 4.68 Å². The Labute approximate surface area is 173 Å². The standard InChI is InChI=1S/C21H24N6O3/c1-14-11-15(2)26(13-17-9-6-10-30-17)21(29)19(14)20(28)22-12-18-23-24-25-27(18)16-7-4-3-5-8-16/h3-5,7-8,11,17H,6,9-10,12-13H2,1-2H3,(H,22,28)/t17-/m1/s1.